The van der Waals surface area contributed by atoms with Crippen LogP contribution in [0, 0.1) is 5.82 Å². The van der Waals surface area contributed by atoms with Crippen LogP contribution in [0.25, 0.3) is 0 Å². The van der Waals surface area contributed by atoms with Gasteiger partial charge in [-0.3, -0.25) is 4.79 Å². The van der Waals surface area contributed by atoms with Crippen LogP contribution < -0.4 is 14.4 Å². The molecule has 0 heterocycles. The summed E-state index contributed by atoms with van der Waals surface area (Å²) in [4.78, 5) is 13.8. The van der Waals surface area contributed by atoms with Crippen LogP contribution in [-0.2, 0) is 0 Å². The molecule has 0 aliphatic rings. The quantitative estimate of drug-likeness (QED) is 0.868. The molecule has 0 N–H and O–H groups in total. The molecular weight excluding hydrogens is 273 g/mol. The summed E-state index contributed by atoms with van der Waals surface area (Å²) >= 11 is 0. The second-order valence-electron chi connectivity index (χ2n) is 4.41. The number of benzene rings is 2. The molecule has 5 heteroatoms. The van der Waals surface area contributed by atoms with E-state index in [2.05, 4.69) is 0 Å². The van der Waals surface area contributed by atoms with Crippen molar-refractivity contribution in [1.82, 2.24) is 0 Å². The summed E-state index contributed by atoms with van der Waals surface area (Å²) in [7, 11) is 4.68. The Morgan fingerprint density at radius 2 is 1.76 bits per heavy atom. The molecule has 0 spiro atoms. The number of hydrogen-bond acceptors (Lipinski definition) is 3. The highest BCUT2D eigenvalue weighted by Gasteiger charge is 2.16. The molecular formula is C16H16FNO3. The zero-order valence-corrected chi connectivity index (χ0v) is 12.1. The standard InChI is InChI=1S/C16H16FNO3/c1-18(16(19)11-5-4-6-12(17)9-11)13-7-8-14(20-2)15(10-13)21-3/h4-10H,1-3H3. The molecule has 0 unspecified atom stereocenters. The Morgan fingerprint density at radius 1 is 1.05 bits per heavy atom. The summed E-state index contributed by atoms with van der Waals surface area (Å²) in [6.45, 7) is 0. The smallest absolute Gasteiger partial charge is 0.258 e. The van der Waals surface area contributed by atoms with Crippen LogP contribution in [0.4, 0.5) is 10.1 Å². The molecule has 110 valence electrons. The van der Waals surface area contributed by atoms with Gasteiger partial charge < -0.3 is 14.4 Å². The molecule has 0 aromatic heterocycles. The maximum Gasteiger partial charge on any atom is 0.258 e. The third kappa shape index (κ3) is 3.13. The van der Waals surface area contributed by atoms with Gasteiger partial charge in [0.05, 0.1) is 14.2 Å². The Kier molecular flexibility index (Phi) is 4.42. The lowest BCUT2D eigenvalue weighted by Crippen LogP contribution is -2.26. The van der Waals surface area contributed by atoms with Gasteiger partial charge in [0.1, 0.15) is 5.82 Å². The highest BCUT2D eigenvalue weighted by atomic mass is 19.1. The minimum atomic E-state index is -0.443. The van der Waals surface area contributed by atoms with Gasteiger partial charge in [0.25, 0.3) is 5.91 Å². The first-order valence-corrected chi connectivity index (χ1v) is 6.32. The molecule has 0 atom stereocenters. The fourth-order valence-electron chi connectivity index (χ4n) is 1.97. The monoisotopic (exact) mass is 289 g/mol. The molecule has 0 saturated heterocycles. The molecule has 0 aliphatic carbocycles. The van der Waals surface area contributed by atoms with Crippen molar-refractivity contribution >= 4 is 11.6 Å². The van der Waals surface area contributed by atoms with Crippen LogP contribution in [0.1, 0.15) is 10.4 Å². The van der Waals surface area contributed by atoms with Gasteiger partial charge in [0, 0.05) is 24.4 Å². The lowest BCUT2D eigenvalue weighted by atomic mass is 10.2. The second kappa shape index (κ2) is 6.26. The molecule has 2 aromatic rings. The molecule has 0 radical (unpaired) electrons. The van der Waals surface area contributed by atoms with E-state index in [1.807, 2.05) is 0 Å². The first-order valence-electron chi connectivity index (χ1n) is 6.32. The molecule has 2 rings (SSSR count). The van der Waals surface area contributed by atoms with Crippen molar-refractivity contribution in [3.8, 4) is 11.5 Å². The number of carbonyl (C=O) groups excluding carboxylic acids is 1. The normalized spacial score (nSPS) is 10.1. The molecule has 1 amide bonds. The maximum absolute atomic E-state index is 13.2. The minimum Gasteiger partial charge on any atom is -0.493 e. The van der Waals surface area contributed by atoms with E-state index >= 15 is 0 Å². The average Bonchev–Trinajstić information content (AvgIpc) is 2.52. The van der Waals surface area contributed by atoms with Crippen LogP contribution in [0.3, 0.4) is 0 Å². The Hall–Kier alpha value is -2.56. The van der Waals surface area contributed by atoms with Gasteiger partial charge in [-0.05, 0) is 30.3 Å². The largest absolute Gasteiger partial charge is 0.493 e. The van der Waals surface area contributed by atoms with Gasteiger partial charge in [0.15, 0.2) is 11.5 Å². The van der Waals surface area contributed by atoms with Gasteiger partial charge in [0.2, 0.25) is 0 Å². The van der Waals surface area contributed by atoms with Crippen molar-refractivity contribution in [2.24, 2.45) is 0 Å². The molecule has 4 nitrogen and oxygen atoms in total. The predicted octanol–water partition coefficient (Wildman–Crippen LogP) is 3.12. The van der Waals surface area contributed by atoms with E-state index < -0.39 is 5.82 Å². The fourth-order valence-corrected chi connectivity index (χ4v) is 1.97. The first kappa shape index (κ1) is 14.8. The Morgan fingerprint density at radius 3 is 2.38 bits per heavy atom. The van der Waals surface area contributed by atoms with Gasteiger partial charge in [-0.25, -0.2) is 4.39 Å². The van der Waals surface area contributed by atoms with E-state index in [1.54, 1.807) is 38.4 Å². The number of rotatable bonds is 4. The number of carbonyl (C=O) groups is 1. The number of ether oxygens (including phenoxy) is 2. The van der Waals surface area contributed by atoms with E-state index in [1.165, 1.54) is 30.2 Å². The summed E-state index contributed by atoms with van der Waals surface area (Å²) in [6, 6.07) is 10.7. The molecule has 0 aliphatic heterocycles. The number of amides is 1. The van der Waals surface area contributed by atoms with E-state index in [9.17, 15) is 9.18 Å². The number of methoxy groups -OCH3 is 2. The maximum atomic E-state index is 13.2. The Bertz CT molecular complexity index is 658. The first-order chi connectivity index (χ1) is 10.1. The summed E-state index contributed by atoms with van der Waals surface area (Å²) in [5, 5.41) is 0. The lowest BCUT2D eigenvalue weighted by Gasteiger charge is -2.19. The molecule has 2 aromatic carbocycles. The second-order valence-corrected chi connectivity index (χ2v) is 4.41. The van der Waals surface area contributed by atoms with Gasteiger partial charge in [-0.1, -0.05) is 6.07 Å². The van der Waals surface area contributed by atoms with Crippen molar-refractivity contribution in [2.75, 3.05) is 26.2 Å². The zero-order chi connectivity index (χ0) is 15.4. The van der Waals surface area contributed by atoms with E-state index in [-0.39, 0.29) is 11.5 Å². The number of nitrogens with zero attached hydrogens (tertiary/aromatic N) is 1. The number of anilines is 1. The van der Waals surface area contributed by atoms with Gasteiger partial charge in [-0.2, -0.15) is 0 Å². The van der Waals surface area contributed by atoms with E-state index in [0.29, 0.717) is 17.2 Å². The van der Waals surface area contributed by atoms with Crippen LogP contribution >= 0.6 is 0 Å². The minimum absolute atomic E-state index is 0.285. The number of hydrogen-bond donors (Lipinski definition) is 0. The van der Waals surface area contributed by atoms with Gasteiger partial charge >= 0.3 is 0 Å². The molecule has 0 bridgehead atoms. The summed E-state index contributed by atoms with van der Waals surface area (Å²) in [5.74, 6) is 0.352. The van der Waals surface area contributed by atoms with Crippen LogP contribution in [0.5, 0.6) is 11.5 Å². The van der Waals surface area contributed by atoms with Crippen molar-refractivity contribution in [3.63, 3.8) is 0 Å². The third-order valence-corrected chi connectivity index (χ3v) is 3.13. The van der Waals surface area contributed by atoms with Crippen LogP contribution in [0.2, 0.25) is 0 Å². The van der Waals surface area contributed by atoms with Crippen LogP contribution in [-0.4, -0.2) is 27.2 Å². The van der Waals surface area contributed by atoms with E-state index in [4.69, 9.17) is 9.47 Å². The lowest BCUT2D eigenvalue weighted by molar-refractivity contribution is 0.0992. The predicted molar refractivity (Wildman–Crippen MR) is 78.7 cm³/mol. The van der Waals surface area contributed by atoms with Crippen molar-refractivity contribution in [1.29, 1.82) is 0 Å². The molecule has 21 heavy (non-hydrogen) atoms. The van der Waals surface area contributed by atoms with Crippen LogP contribution in [0.15, 0.2) is 42.5 Å². The van der Waals surface area contributed by atoms with Crippen molar-refractivity contribution < 1.29 is 18.7 Å². The fraction of sp³-hybridized carbons (Fsp3) is 0.188. The topological polar surface area (TPSA) is 38.8 Å². The highest BCUT2D eigenvalue weighted by Crippen LogP contribution is 2.31. The van der Waals surface area contributed by atoms with E-state index in [0.717, 1.165) is 0 Å². The van der Waals surface area contributed by atoms with Gasteiger partial charge in [-0.15, -0.1) is 0 Å². The Balaban J connectivity index is 2.31. The zero-order valence-electron chi connectivity index (χ0n) is 12.1. The highest BCUT2D eigenvalue weighted by molar-refractivity contribution is 6.05. The summed E-state index contributed by atoms with van der Waals surface area (Å²) < 4.78 is 23.6. The Labute approximate surface area is 122 Å². The van der Waals surface area contributed by atoms with Crippen molar-refractivity contribution in [3.05, 3.63) is 53.8 Å². The molecule has 0 saturated carbocycles. The number of halogens is 1. The summed E-state index contributed by atoms with van der Waals surface area (Å²) in [6.07, 6.45) is 0. The molecule has 0 fully saturated rings. The van der Waals surface area contributed by atoms with Crippen molar-refractivity contribution in [2.45, 2.75) is 0 Å². The average molecular weight is 289 g/mol. The summed E-state index contributed by atoms with van der Waals surface area (Å²) in [5.41, 5.74) is 0.911. The SMILES string of the molecule is COc1ccc(N(C)C(=O)c2cccc(F)c2)cc1OC. The third-order valence-electron chi connectivity index (χ3n) is 3.13.